The zero-order valence-electron chi connectivity index (χ0n) is 9.23. The first kappa shape index (κ1) is 13.2. The number of rotatable bonds is 5. The maximum atomic E-state index is 13.1. The lowest BCUT2D eigenvalue weighted by atomic mass is 10.2. The van der Waals surface area contributed by atoms with E-state index < -0.39 is 23.6 Å². The van der Waals surface area contributed by atoms with Crippen LogP contribution in [-0.2, 0) is 4.79 Å². The SMILES string of the molecule is CCCC(N=Nc1ccc(F)cc1F)C(=O)O. The van der Waals surface area contributed by atoms with E-state index in [0.29, 0.717) is 18.9 Å². The summed E-state index contributed by atoms with van der Waals surface area (Å²) in [5, 5.41) is 15.8. The van der Waals surface area contributed by atoms with Crippen LogP contribution in [-0.4, -0.2) is 17.1 Å². The van der Waals surface area contributed by atoms with Gasteiger partial charge in [0.15, 0.2) is 11.9 Å². The fraction of sp³-hybridized carbons (Fsp3) is 0.364. The Morgan fingerprint density at radius 3 is 2.71 bits per heavy atom. The van der Waals surface area contributed by atoms with Gasteiger partial charge in [0, 0.05) is 6.07 Å². The van der Waals surface area contributed by atoms with Gasteiger partial charge in [0.2, 0.25) is 0 Å². The molecule has 0 amide bonds. The van der Waals surface area contributed by atoms with Crippen molar-refractivity contribution in [1.82, 2.24) is 0 Å². The maximum absolute atomic E-state index is 13.1. The molecule has 0 saturated carbocycles. The van der Waals surface area contributed by atoms with Crippen molar-refractivity contribution in [2.75, 3.05) is 0 Å². The summed E-state index contributed by atoms with van der Waals surface area (Å²) in [6.45, 7) is 1.81. The van der Waals surface area contributed by atoms with E-state index in [0.717, 1.165) is 12.1 Å². The summed E-state index contributed by atoms with van der Waals surface area (Å²) in [6, 6.07) is 1.82. The van der Waals surface area contributed by atoms with Gasteiger partial charge in [0.05, 0.1) is 0 Å². The van der Waals surface area contributed by atoms with Crippen molar-refractivity contribution in [3.05, 3.63) is 29.8 Å². The molecule has 0 heterocycles. The average Bonchev–Trinajstić information content (AvgIpc) is 2.25. The zero-order chi connectivity index (χ0) is 12.8. The molecule has 0 saturated heterocycles. The molecular formula is C11H12F2N2O2. The Morgan fingerprint density at radius 1 is 1.47 bits per heavy atom. The molecule has 0 spiro atoms. The van der Waals surface area contributed by atoms with Gasteiger partial charge >= 0.3 is 5.97 Å². The lowest BCUT2D eigenvalue weighted by molar-refractivity contribution is -0.138. The summed E-state index contributed by atoms with van der Waals surface area (Å²) < 4.78 is 25.7. The Hall–Kier alpha value is -1.85. The first-order valence-corrected chi connectivity index (χ1v) is 5.13. The third-order valence-corrected chi connectivity index (χ3v) is 2.06. The van der Waals surface area contributed by atoms with E-state index in [2.05, 4.69) is 10.2 Å². The van der Waals surface area contributed by atoms with Crippen LogP contribution in [0.1, 0.15) is 19.8 Å². The molecular weight excluding hydrogens is 230 g/mol. The van der Waals surface area contributed by atoms with Crippen LogP contribution in [0.5, 0.6) is 0 Å². The molecule has 1 unspecified atom stereocenters. The lowest BCUT2D eigenvalue weighted by Gasteiger charge is -2.03. The molecule has 0 aromatic heterocycles. The van der Waals surface area contributed by atoms with Crippen molar-refractivity contribution >= 4 is 11.7 Å². The van der Waals surface area contributed by atoms with Gasteiger partial charge in [-0.15, -0.1) is 0 Å². The van der Waals surface area contributed by atoms with E-state index >= 15 is 0 Å². The van der Waals surface area contributed by atoms with Crippen molar-refractivity contribution in [3.8, 4) is 0 Å². The fourth-order valence-corrected chi connectivity index (χ4v) is 1.20. The van der Waals surface area contributed by atoms with Crippen molar-refractivity contribution in [3.63, 3.8) is 0 Å². The third kappa shape index (κ3) is 3.90. The van der Waals surface area contributed by atoms with Crippen LogP contribution in [0, 0.1) is 11.6 Å². The molecule has 4 nitrogen and oxygen atoms in total. The maximum Gasteiger partial charge on any atom is 0.330 e. The van der Waals surface area contributed by atoms with Crippen molar-refractivity contribution in [2.24, 2.45) is 10.2 Å². The van der Waals surface area contributed by atoms with Gasteiger partial charge in [-0.2, -0.15) is 10.2 Å². The molecule has 0 fully saturated rings. The highest BCUT2D eigenvalue weighted by Crippen LogP contribution is 2.19. The van der Waals surface area contributed by atoms with Gasteiger partial charge in [-0.25, -0.2) is 13.6 Å². The molecule has 1 aromatic carbocycles. The molecule has 17 heavy (non-hydrogen) atoms. The van der Waals surface area contributed by atoms with Gasteiger partial charge in [-0.3, -0.25) is 0 Å². The Kier molecular flexibility index (Phi) is 4.68. The van der Waals surface area contributed by atoms with E-state index in [4.69, 9.17) is 5.11 Å². The monoisotopic (exact) mass is 242 g/mol. The molecule has 6 heteroatoms. The third-order valence-electron chi connectivity index (χ3n) is 2.06. The molecule has 1 aromatic rings. The first-order chi connectivity index (χ1) is 8.04. The van der Waals surface area contributed by atoms with Gasteiger partial charge in [0.1, 0.15) is 11.5 Å². The topological polar surface area (TPSA) is 62.0 Å². The van der Waals surface area contributed by atoms with Crippen molar-refractivity contribution < 1.29 is 18.7 Å². The summed E-state index contributed by atoms with van der Waals surface area (Å²) in [4.78, 5) is 10.7. The molecule has 0 aliphatic carbocycles. The zero-order valence-corrected chi connectivity index (χ0v) is 9.23. The van der Waals surface area contributed by atoms with Crippen LogP contribution < -0.4 is 0 Å². The van der Waals surface area contributed by atoms with Crippen LogP contribution in [0.25, 0.3) is 0 Å². The van der Waals surface area contributed by atoms with Crippen LogP contribution in [0.3, 0.4) is 0 Å². The summed E-state index contributed by atoms with van der Waals surface area (Å²) in [5.41, 5.74) is -0.172. The van der Waals surface area contributed by atoms with Gasteiger partial charge in [-0.1, -0.05) is 13.3 Å². The second-order valence-electron chi connectivity index (χ2n) is 3.45. The summed E-state index contributed by atoms with van der Waals surface area (Å²) in [5.74, 6) is -2.70. The first-order valence-electron chi connectivity index (χ1n) is 5.13. The number of carboxylic acid groups (broad SMARTS) is 1. The van der Waals surface area contributed by atoms with Crippen LogP contribution in [0.2, 0.25) is 0 Å². The molecule has 92 valence electrons. The van der Waals surface area contributed by atoms with E-state index in [1.165, 1.54) is 0 Å². The number of carboxylic acids is 1. The normalized spacial score (nSPS) is 12.9. The van der Waals surface area contributed by atoms with Gasteiger partial charge in [0.25, 0.3) is 0 Å². The Bertz CT molecular complexity index is 435. The van der Waals surface area contributed by atoms with E-state index in [9.17, 15) is 13.6 Å². The summed E-state index contributed by atoms with van der Waals surface area (Å²) >= 11 is 0. The average molecular weight is 242 g/mol. The number of hydrogen-bond donors (Lipinski definition) is 1. The second kappa shape index (κ2) is 6.03. The number of carbonyl (C=O) groups is 1. The summed E-state index contributed by atoms with van der Waals surface area (Å²) in [7, 11) is 0. The van der Waals surface area contributed by atoms with Gasteiger partial charge in [-0.05, 0) is 18.6 Å². The number of benzene rings is 1. The van der Waals surface area contributed by atoms with Crippen molar-refractivity contribution in [1.29, 1.82) is 0 Å². The molecule has 1 N–H and O–H groups in total. The molecule has 1 atom stereocenters. The standard InChI is InChI=1S/C11H12F2N2O2/c1-2-3-10(11(16)17)15-14-9-5-4-7(12)6-8(9)13/h4-6,10H,2-3H2,1H3,(H,16,17). The minimum Gasteiger partial charge on any atom is -0.480 e. The van der Waals surface area contributed by atoms with Crippen molar-refractivity contribution in [2.45, 2.75) is 25.8 Å². The lowest BCUT2D eigenvalue weighted by Crippen LogP contribution is -2.16. The van der Waals surface area contributed by atoms with E-state index in [1.807, 2.05) is 6.92 Å². The number of hydrogen-bond acceptors (Lipinski definition) is 3. The number of azo groups is 1. The second-order valence-corrected chi connectivity index (χ2v) is 3.45. The highest BCUT2D eigenvalue weighted by molar-refractivity contribution is 5.73. The summed E-state index contributed by atoms with van der Waals surface area (Å²) in [6.07, 6.45) is 0.948. The highest BCUT2D eigenvalue weighted by atomic mass is 19.1. The Morgan fingerprint density at radius 2 is 2.18 bits per heavy atom. The molecule has 0 aliphatic rings. The van der Waals surface area contributed by atoms with Crippen LogP contribution in [0.4, 0.5) is 14.5 Å². The minimum atomic E-state index is -1.11. The predicted octanol–water partition coefficient (Wildman–Crippen LogP) is 3.30. The largest absolute Gasteiger partial charge is 0.480 e. The smallest absolute Gasteiger partial charge is 0.330 e. The highest BCUT2D eigenvalue weighted by Gasteiger charge is 2.15. The van der Waals surface area contributed by atoms with Crippen LogP contribution in [0.15, 0.2) is 28.4 Å². The quantitative estimate of drug-likeness (QED) is 0.805. The van der Waals surface area contributed by atoms with Gasteiger partial charge < -0.3 is 5.11 Å². The Labute approximate surface area is 97.0 Å². The molecule has 0 aliphatic heterocycles. The minimum absolute atomic E-state index is 0.172. The van der Waals surface area contributed by atoms with Crippen LogP contribution >= 0.6 is 0 Å². The molecule has 1 rings (SSSR count). The molecule has 0 bridgehead atoms. The molecule has 0 radical (unpaired) electrons. The Balaban J connectivity index is 2.84. The van der Waals surface area contributed by atoms with E-state index in [-0.39, 0.29) is 5.69 Å². The number of nitrogens with zero attached hydrogens (tertiary/aromatic N) is 2. The predicted molar refractivity (Wildman–Crippen MR) is 57.2 cm³/mol. The van der Waals surface area contributed by atoms with E-state index in [1.54, 1.807) is 0 Å². The number of halogens is 2. The fourth-order valence-electron chi connectivity index (χ4n) is 1.20. The number of aliphatic carboxylic acids is 1.